The largest absolute Gasteiger partial charge is 0.477 e. The lowest BCUT2D eigenvalue weighted by atomic mass is 10.1. The van der Waals surface area contributed by atoms with Crippen LogP contribution in [0.2, 0.25) is 0 Å². The maximum atomic E-state index is 13.6. The quantitative estimate of drug-likeness (QED) is 0.512. The number of hydrogen-bond acceptors (Lipinski definition) is 3. The van der Waals surface area contributed by atoms with Crippen LogP contribution in [0, 0.1) is 30.2 Å². The van der Waals surface area contributed by atoms with Gasteiger partial charge in [0.15, 0.2) is 24.0 Å². The Bertz CT molecular complexity index is 994. The number of aromatic nitrogens is 2. The van der Waals surface area contributed by atoms with E-state index in [0.29, 0.717) is 12.4 Å². The molecule has 1 amide bonds. The Morgan fingerprint density at radius 1 is 1.11 bits per heavy atom. The van der Waals surface area contributed by atoms with Crippen molar-refractivity contribution in [2.75, 3.05) is 11.9 Å². The van der Waals surface area contributed by atoms with Crippen molar-refractivity contribution >= 4 is 11.7 Å². The predicted molar refractivity (Wildman–Crippen MR) is 92.9 cm³/mol. The number of anilines is 1. The van der Waals surface area contributed by atoms with Gasteiger partial charge in [0.25, 0.3) is 5.91 Å². The van der Waals surface area contributed by atoms with E-state index < -0.39 is 41.5 Å². The molecule has 3 rings (SSSR count). The lowest BCUT2D eigenvalue weighted by Gasteiger charge is -2.11. The average Bonchev–Trinajstić information content (AvgIpc) is 3.06. The minimum Gasteiger partial charge on any atom is -0.477 e. The van der Waals surface area contributed by atoms with Crippen molar-refractivity contribution < 1.29 is 27.1 Å². The maximum absolute atomic E-state index is 13.6. The number of amides is 1. The van der Waals surface area contributed by atoms with Crippen LogP contribution in [-0.2, 0) is 11.3 Å². The fraction of sp³-hybridized carbons (Fsp3) is 0.158. The second-order valence-corrected chi connectivity index (χ2v) is 6.00. The van der Waals surface area contributed by atoms with Crippen molar-refractivity contribution in [1.29, 1.82) is 0 Å². The first-order chi connectivity index (χ1) is 13.3. The highest BCUT2D eigenvalue weighted by atomic mass is 19.2. The number of halogens is 4. The summed E-state index contributed by atoms with van der Waals surface area (Å²) in [5, 5.41) is 6.57. The van der Waals surface area contributed by atoms with E-state index >= 15 is 0 Å². The van der Waals surface area contributed by atoms with E-state index in [1.807, 2.05) is 31.2 Å². The molecule has 0 saturated carbocycles. The van der Waals surface area contributed by atoms with Gasteiger partial charge in [0, 0.05) is 12.1 Å². The Morgan fingerprint density at radius 3 is 2.50 bits per heavy atom. The zero-order chi connectivity index (χ0) is 20.3. The second-order valence-electron chi connectivity index (χ2n) is 6.00. The van der Waals surface area contributed by atoms with E-state index in [4.69, 9.17) is 0 Å². The molecule has 0 fully saturated rings. The average molecular weight is 393 g/mol. The van der Waals surface area contributed by atoms with Crippen molar-refractivity contribution in [3.8, 4) is 5.75 Å². The van der Waals surface area contributed by atoms with Crippen LogP contribution in [0.5, 0.6) is 5.75 Å². The van der Waals surface area contributed by atoms with Gasteiger partial charge < -0.3 is 10.1 Å². The molecule has 9 heteroatoms. The summed E-state index contributed by atoms with van der Waals surface area (Å²) in [6.07, 6.45) is 1.47. The van der Waals surface area contributed by atoms with E-state index in [0.717, 1.165) is 11.1 Å². The van der Waals surface area contributed by atoms with Gasteiger partial charge in [0.1, 0.15) is 5.82 Å². The molecule has 0 aliphatic heterocycles. The number of benzene rings is 2. The van der Waals surface area contributed by atoms with Crippen molar-refractivity contribution in [3.05, 3.63) is 77.0 Å². The summed E-state index contributed by atoms with van der Waals surface area (Å²) in [4.78, 5) is 12.0. The summed E-state index contributed by atoms with van der Waals surface area (Å²) in [5.74, 6) is -8.42. The van der Waals surface area contributed by atoms with E-state index in [-0.39, 0.29) is 6.07 Å². The first-order valence-electron chi connectivity index (χ1n) is 8.18. The molecule has 0 aliphatic rings. The minimum absolute atomic E-state index is 0.0570. The first kappa shape index (κ1) is 19.4. The zero-order valence-electron chi connectivity index (χ0n) is 14.7. The highest BCUT2D eigenvalue weighted by molar-refractivity contribution is 5.91. The normalized spacial score (nSPS) is 10.8. The van der Waals surface area contributed by atoms with Gasteiger partial charge in [0.05, 0.1) is 12.7 Å². The smallest absolute Gasteiger partial charge is 0.263 e. The number of carbonyl (C=O) groups is 1. The molecule has 0 bridgehead atoms. The molecule has 0 aliphatic carbocycles. The number of rotatable bonds is 6. The van der Waals surface area contributed by atoms with Crippen molar-refractivity contribution in [1.82, 2.24) is 9.78 Å². The van der Waals surface area contributed by atoms with Crippen molar-refractivity contribution in [3.63, 3.8) is 0 Å². The van der Waals surface area contributed by atoms with Gasteiger partial charge in [-0.3, -0.25) is 4.79 Å². The Balaban J connectivity index is 1.66. The Kier molecular flexibility index (Phi) is 5.62. The summed E-state index contributed by atoms with van der Waals surface area (Å²) in [7, 11) is 0. The summed E-state index contributed by atoms with van der Waals surface area (Å²) in [5.41, 5.74) is 2.02. The lowest BCUT2D eigenvalue weighted by molar-refractivity contribution is -0.118. The minimum atomic E-state index is -1.71. The lowest BCUT2D eigenvalue weighted by Crippen LogP contribution is -2.23. The van der Waals surface area contributed by atoms with Gasteiger partial charge in [-0.05, 0) is 12.5 Å². The molecule has 2 aromatic carbocycles. The molecule has 5 nitrogen and oxygen atoms in total. The first-order valence-corrected chi connectivity index (χ1v) is 8.18. The fourth-order valence-corrected chi connectivity index (χ4v) is 2.54. The molecular weight excluding hydrogens is 378 g/mol. The SMILES string of the molecule is Cc1cccc(Cn2nccc2NC(=O)COc2c(F)c(F)cc(F)c2F)c1. The molecule has 1 heterocycles. The van der Waals surface area contributed by atoms with E-state index in [9.17, 15) is 22.4 Å². The molecule has 0 spiro atoms. The molecule has 1 aromatic heterocycles. The van der Waals surface area contributed by atoms with E-state index in [2.05, 4.69) is 15.2 Å². The van der Waals surface area contributed by atoms with Crippen LogP contribution in [0.3, 0.4) is 0 Å². The number of carbonyl (C=O) groups excluding carboxylic acids is 1. The number of nitrogens with zero attached hydrogens (tertiary/aromatic N) is 2. The molecule has 0 unspecified atom stereocenters. The molecule has 0 saturated heterocycles. The van der Waals surface area contributed by atoms with Gasteiger partial charge >= 0.3 is 0 Å². The van der Waals surface area contributed by atoms with Gasteiger partial charge in [-0.15, -0.1) is 0 Å². The second kappa shape index (κ2) is 8.12. The topological polar surface area (TPSA) is 56.2 Å². The van der Waals surface area contributed by atoms with Crippen molar-refractivity contribution in [2.24, 2.45) is 0 Å². The van der Waals surface area contributed by atoms with E-state index in [1.165, 1.54) is 16.9 Å². The third-order valence-corrected chi connectivity index (χ3v) is 3.82. The Morgan fingerprint density at radius 2 is 1.82 bits per heavy atom. The zero-order valence-corrected chi connectivity index (χ0v) is 14.7. The summed E-state index contributed by atoms with van der Waals surface area (Å²) < 4.78 is 59.6. The summed E-state index contributed by atoms with van der Waals surface area (Å²) in [6.45, 7) is 1.47. The molecule has 0 atom stereocenters. The Labute approximate surface area is 157 Å². The summed E-state index contributed by atoms with van der Waals surface area (Å²) in [6, 6.07) is 9.27. The molecular formula is C19H15F4N3O2. The molecule has 1 N–H and O–H groups in total. The highest BCUT2D eigenvalue weighted by Crippen LogP contribution is 2.26. The maximum Gasteiger partial charge on any atom is 0.263 e. The molecule has 146 valence electrons. The highest BCUT2D eigenvalue weighted by Gasteiger charge is 2.21. The van der Waals surface area contributed by atoms with Gasteiger partial charge in [-0.2, -0.15) is 13.9 Å². The number of hydrogen-bond donors (Lipinski definition) is 1. The fourth-order valence-electron chi connectivity index (χ4n) is 2.54. The third kappa shape index (κ3) is 4.30. The number of aryl methyl sites for hydroxylation is 1. The van der Waals surface area contributed by atoms with Crippen LogP contribution in [0.25, 0.3) is 0 Å². The van der Waals surface area contributed by atoms with Gasteiger partial charge in [-0.25, -0.2) is 13.5 Å². The van der Waals surface area contributed by atoms with Crippen LogP contribution < -0.4 is 10.1 Å². The summed E-state index contributed by atoms with van der Waals surface area (Å²) >= 11 is 0. The van der Waals surface area contributed by atoms with Gasteiger partial charge in [0.2, 0.25) is 11.6 Å². The monoisotopic (exact) mass is 393 g/mol. The number of nitrogens with one attached hydrogen (secondary N) is 1. The molecule has 28 heavy (non-hydrogen) atoms. The predicted octanol–water partition coefficient (Wildman–Crippen LogP) is 3.81. The van der Waals surface area contributed by atoms with Gasteiger partial charge in [-0.1, -0.05) is 29.8 Å². The van der Waals surface area contributed by atoms with Crippen LogP contribution in [0.1, 0.15) is 11.1 Å². The third-order valence-electron chi connectivity index (χ3n) is 3.82. The van der Waals surface area contributed by atoms with Crippen molar-refractivity contribution in [2.45, 2.75) is 13.5 Å². The number of ether oxygens (including phenoxy) is 1. The van der Waals surface area contributed by atoms with Crippen LogP contribution in [0.4, 0.5) is 23.4 Å². The van der Waals surface area contributed by atoms with Crippen LogP contribution in [-0.4, -0.2) is 22.3 Å². The molecule has 3 aromatic rings. The Hall–Kier alpha value is -3.36. The van der Waals surface area contributed by atoms with E-state index in [1.54, 1.807) is 0 Å². The van der Waals surface area contributed by atoms with Crippen LogP contribution >= 0.6 is 0 Å². The molecule has 0 radical (unpaired) electrons. The van der Waals surface area contributed by atoms with Crippen LogP contribution in [0.15, 0.2) is 42.6 Å². The standard InChI is InChI=1S/C19H15F4N3O2/c1-11-3-2-4-12(7-11)9-26-15(5-6-24-26)25-16(27)10-28-19-17(22)13(20)8-14(21)18(19)23/h2-8H,9-10H2,1H3,(H,25,27).